The van der Waals surface area contributed by atoms with Gasteiger partial charge in [0.1, 0.15) is 0 Å². The summed E-state index contributed by atoms with van der Waals surface area (Å²) in [6, 6.07) is 5.71. The van der Waals surface area contributed by atoms with Gasteiger partial charge in [-0.2, -0.15) is 0 Å². The van der Waals surface area contributed by atoms with Gasteiger partial charge in [-0.3, -0.25) is 0 Å². The van der Waals surface area contributed by atoms with Crippen LogP contribution in [-0.2, 0) is 15.6 Å². The Bertz CT molecular complexity index is 415. The highest BCUT2D eigenvalue weighted by atomic mass is 32.2. The lowest BCUT2D eigenvalue weighted by molar-refractivity contribution is 0.319. The molecule has 1 rings (SSSR count). The lowest BCUT2D eigenvalue weighted by atomic mass is 10.1. The van der Waals surface area contributed by atoms with Gasteiger partial charge in [0, 0.05) is 0 Å². The van der Waals surface area contributed by atoms with Gasteiger partial charge in [-0.25, -0.2) is 8.42 Å². The van der Waals surface area contributed by atoms with Crippen LogP contribution in [0.1, 0.15) is 16.7 Å². The maximum absolute atomic E-state index is 11.5. The lowest BCUT2D eigenvalue weighted by Crippen LogP contribution is -2.13. The monoisotopic (exact) mass is 228 g/mol. The summed E-state index contributed by atoms with van der Waals surface area (Å²) in [6.07, 6.45) is 0. The van der Waals surface area contributed by atoms with Gasteiger partial charge >= 0.3 is 0 Å². The lowest BCUT2D eigenvalue weighted by Gasteiger charge is -2.09. The standard InChI is InChI=1S/C11H16O3S/c1-9-4-3-5-10(2)11(9)8-15(13,14)7-6-12/h3-5,12H,6-8H2,1-2H3. The highest BCUT2D eigenvalue weighted by Crippen LogP contribution is 2.16. The van der Waals surface area contributed by atoms with Gasteiger partial charge in [-0.05, 0) is 30.5 Å². The molecule has 0 amide bonds. The zero-order chi connectivity index (χ0) is 11.5. The molecule has 0 aliphatic carbocycles. The van der Waals surface area contributed by atoms with Crippen molar-refractivity contribution in [1.82, 2.24) is 0 Å². The minimum absolute atomic E-state index is 0.0199. The second-order valence-electron chi connectivity index (χ2n) is 3.69. The summed E-state index contributed by atoms with van der Waals surface area (Å²) in [5, 5.41) is 8.64. The molecule has 4 heteroatoms. The average Bonchev–Trinajstić information content (AvgIpc) is 2.11. The molecule has 15 heavy (non-hydrogen) atoms. The Kier molecular flexibility index (Phi) is 3.88. The third kappa shape index (κ3) is 3.32. The first-order chi connectivity index (χ1) is 6.96. The van der Waals surface area contributed by atoms with Gasteiger partial charge in [0.2, 0.25) is 0 Å². The van der Waals surface area contributed by atoms with Crippen LogP contribution in [-0.4, -0.2) is 25.9 Å². The quantitative estimate of drug-likeness (QED) is 0.842. The van der Waals surface area contributed by atoms with E-state index in [-0.39, 0.29) is 18.1 Å². The smallest absolute Gasteiger partial charge is 0.156 e. The average molecular weight is 228 g/mol. The number of sulfone groups is 1. The minimum Gasteiger partial charge on any atom is -0.395 e. The van der Waals surface area contributed by atoms with Gasteiger partial charge in [-0.15, -0.1) is 0 Å². The summed E-state index contributed by atoms with van der Waals surface area (Å²) in [5.74, 6) is -0.146. The molecule has 0 saturated heterocycles. The number of aliphatic hydroxyl groups excluding tert-OH is 1. The Morgan fingerprint density at radius 2 is 1.73 bits per heavy atom. The molecule has 0 aromatic heterocycles. The summed E-state index contributed by atoms with van der Waals surface area (Å²) in [5.41, 5.74) is 2.82. The van der Waals surface area contributed by atoms with Crippen LogP contribution in [0.3, 0.4) is 0 Å². The van der Waals surface area contributed by atoms with E-state index in [0.717, 1.165) is 16.7 Å². The number of hydrogen-bond donors (Lipinski definition) is 1. The molecular formula is C11H16O3S. The van der Waals surface area contributed by atoms with Crippen molar-refractivity contribution in [3.05, 3.63) is 34.9 Å². The first-order valence-corrected chi connectivity index (χ1v) is 6.65. The highest BCUT2D eigenvalue weighted by molar-refractivity contribution is 7.90. The molecule has 0 bridgehead atoms. The molecule has 1 N–H and O–H groups in total. The molecule has 84 valence electrons. The first kappa shape index (κ1) is 12.2. The van der Waals surface area contributed by atoms with Crippen molar-refractivity contribution < 1.29 is 13.5 Å². The molecule has 0 fully saturated rings. The van der Waals surface area contributed by atoms with E-state index in [1.165, 1.54) is 0 Å². The van der Waals surface area contributed by atoms with E-state index in [1.807, 2.05) is 32.0 Å². The number of aryl methyl sites for hydroxylation is 2. The largest absolute Gasteiger partial charge is 0.395 e. The maximum Gasteiger partial charge on any atom is 0.156 e. The van der Waals surface area contributed by atoms with E-state index < -0.39 is 9.84 Å². The van der Waals surface area contributed by atoms with Crippen LogP contribution >= 0.6 is 0 Å². The molecule has 0 radical (unpaired) electrons. The van der Waals surface area contributed by atoms with Crippen molar-refractivity contribution >= 4 is 9.84 Å². The zero-order valence-electron chi connectivity index (χ0n) is 9.03. The number of hydrogen-bond acceptors (Lipinski definition) is 3. The summed E-state index contributed by atoms with van der Waals surface area (Å²) in [6.45, 7) is 3.49. The molecule has 0 aliphatic rings. The van der Waals surface area contributed by atoms with E-state index in [4.69, 9.17) is 5.11 Å². The fraction of sp³-hybridized carbons (Fsp3) is 0.455. The molecule has 3 nitrogen and oxygen atoms in total. The van der Waals surface area contributed by atoms with Crippen LogP contribution in [0.4, 0.5) is 0 Å². The topological polar surface area (TPSA) is 54.4 Å². The molecular weight excluding hydrogens is 212 g/mol. The third-order valence-corrected chi connectivity index (χ3v) is 3.94. The second-order valence-corrected chi connectivity index (χ2v) is 5.87. The highest BCUT2D eigenvalue weighted by Gasteiger charge is 2.14. The molecule has 1 aromatic rings. The fourth-order valence-electron chi connectivity index (χ4n) is 1.51. The summed E-state index contributed by atoms with van der Waals surface area (Å²) in [7, 11) is -3.18. The van der Waals surface area contributed by atoms with Gasteiger partial charge in [0.15, 0.2) is 9.84 Å². The number of rotatable bonds is 4. The van der Waals surface area contributed by atoms with E-state index in [2.05, 4.69) is 0 Å². The molecule has 0 spiro atoms. The van der Waals surface area contributed by atoms with Crippen molar-refractivity contribution in [1.29, 1.82) is 0 Å². The van der Waals surface area contributed by atoms with Crippen LogP contribution in [0.15, 0.2) is 18.2 Å². The molecule has 0 aliphatic heterocycles. The first-order valence-electron chi connectivity index (χ1n) is 4.82. The van der Waals surface area contributed by atoms with E-state index in [0.29, 0.717) is 0 Å². The predicted octanol–water partition coefficient (Wildman–Crippen LogP) is 1.21. The van der Waals surface area contributed by atoms with Crippen LogP contribution < -0.4 is 0 Å². The van der Waals surface area contributed by atoms with Crippen molar-refractivity contribution in [2.24, 2.45) is 0 Å². The number of aliphatic hydroxyl groups is 1. The Balaban J connectivity index is 2.99. The second kappa shape index (κ2) is 4.77. The molecule has 0 unspecified atom stereocenters. The van der Waals surface area contributed by atoms with E-state index >= 15 is 0 Å². The fourth-order valence-corrected chi connectivity index (χ4v) is 2.83. The van der Waals surface area contributed by atoms with Crippen molar-refractivity contribution in [3.63, 3.8) is 0 Å². The molecule has 1 aromatic carbocycles. The van der Waals surface area contributed by atoms with Crippen molar-refractivity contribution in [3.8, 4) is 0 Å². The molecule has 0 saturated carbocycles. The third-order valence-electron chi connectivity index (χ3n) is 2.41. The normalized spacial score (nSPS) is 11.7. The summed E-state index contributed by atoms with van der Waals surface area (Å²) in [4.78, 5) is 0. The SMILES string of the molecule is Cc1cccc(C)c1CS(=O)(=O)CCO. The van der Waals surface area contributed by atoms with Crippen LogP contribution in [0.25, 0.3) is 0 Å². The summed E-state index contributed by atoms with van der Waals surface area (Å²) < 4.78 is 23.1. The van der Waals surface area contributed by atoms with Crippen molar-refractivity contribution in [2.45, 2.75) is 19.6 Å². The maximum atomic E-state index is 11.5. The Labute approximate surface area is 90.7 Å². The van der Waals surface area contributed by atoms with E-state index in [9.17, 15) is 8.42 Å². The number of benzene rings is 1. The van der Waals surface area contributed by atoms with Crippen LogP contribution in [0.5, 0.6) is 0 Å². The Morgan fingerprint density at radius 1 is 1.20 bits per heavy atom. The Hall–Kier alpha value is -0.870. The minimum atomic E-state index is -3.18. The van der Waals surface area contributed by atoms with Crippen molar-refractivity contribution in [2.75, 3.05) is 12.4 Å². The zero-order valence-corrected chi connectivity index (χ0v) is 9.84. The van der Waals surface area contributed by atoms with Crippen LogP contribution in [0.2, 0.25) is 0 Å². The van der Waals surface area contributed by atoms with E-state index in [1.54, 1.807) is 0 Å². The predicted molar refractivity (Wildman–Crippen MR) is 60.5 cm³/mol. The van der Waals surface area contributed by atoms with Gasteiger partial charge in [0.25, 0.3) is 0 Å². The van der Waals surface area contributed by atoms with Gasteiger partial charge in [0.05, 0.1) is 18.1 Å². The van der Waals surface area contributed by atoms with Gasteiger partial charge in [-0.1, -0.05) is 18.2 Å². The van der Waals surface area contributed by atoms with Gasteiger partial charge < -0.3 is 5.11 Å². The molecule has 0 atom stereocenters. The Morgan fingerprint density at radius 3 is 2.20 bits per heavy atom. The molecule has 0 heterocycles. The summed E-state index contributed by atoms with van der Waals surface area (Å²) >= 11 is 0. The van der Waals surface area contributed by atoms with Crippen LogP contribution in [0, 0.1) is 13.8 Å².